The maximum atomic E-state index is 6.22. The first-order chi connectivity index (χ1) is 8.25. The molecule has 2 aliphatic rings. The van der Waals surface area contributed by atoms with Gasteiger partial charge in [0.15, 0.2) is 0 Å². The molecule has 0 saturated heterocycles. The lowest BCUT2D eigenvalue weighted by molar-refractivity contribution is 0.152. The standard InChI is InChI=1S/C15H18ClN/c1-10(12-6-2-3-8-14(12)16)17-15-9-11-5-4-7-13(11)15/h2-4,6-8,10-11,13,15,17H,5,9H2,1H3/t10-,11?,13?,15?/m1/s1. The van der Waals surface area contributed by atoms with Crippen LogP contribution in [-0.4, -0.2) is 6.04 Å². The fraction of sp³-hybridized carbons (Fsp3) is 0.467. The fourth-order valence-electron chi connectivity index (χ4n) is 3.14. The van der Waals surface area contributed by atoms with Gasteiger partial charge in [-0.25, -0.2) is 0 Å². The lowest BCUT2D eigenvalue weighted by Gasteiger charge is -2.42. The third-order valence-corrected chi connectivity index (χ3v) is 4.54. The summed E-state index contributed by atoms with van der Waals surface area (Å²) in [7, 11) is 0. The molecule has 17 heavy (non-hydrogen) atoms. The van der Waals surface area contributed by atoms with Crippen molar-refractivity contribution in [2.75, 3.05) is 0 Å². The molecule has 2 heteroatoms. The number of fused-ring (bicyclic) bond motifs is 1. The molecule has 3 rings (SSSR count). The van der Waals surface area contributed by atoms with Gasteiger partial charge < -0.3 is 5.32 Å². The van der Waals surface area contributed by atoms with Crippen molar-refractivity contribution >= 4 is 11.6 Å². The predicted octanol–water partition coefficient (Wildman–Crippen LogP) is 3.96. The topological polar surface area (TPSA) is 12.0 Å². The number of benzene rings is 1. The molecule has 0 aliphatic heterocycles. The Kier molecular flexibility index (Phi) is 2.97. The van der Waals surface area contributed by atoms with Gasteiger partial charge >= 0.3 is 0 Å². The molecule has 0 spiro atoms. The maximum absolute atomic E-state index is 6.22. The zero-order chi connectivity index (χ0) is 11.8. The van der Waals surface area contributed by atoms with E-state index in [1.165, 1.54) is 18.4 Å². The van der Waals surface area contributed by atoms with Crippen molar-refractivity contribution in [1.82, 2.24) is 5.32 Å². The molecule has 0 aromatic heterocycles. The first-order valence-electron chi connectivity index (χ1n) is 6.43. The van der Waals surface area contributed by atoms with Gasteiger partial charge in [0, 0.05) is 17.1 Å². The predicted molar refractivity (Wildman–Crippen MR) is 72.1 cm³/mol. The molecule has 1 fully saturated rings. The zero-order valence-electron chi connectivity index (χ0n) is 10.1. The monoisotopic (exact) mass is 247 g/mol. The zero-order valence-corrected chi connectivity index (χ0v) is 10.8. The molecule has 1 saturated carbocycles. The van der Waals surface area contributed by atoms with Gasteiger partial charge in [0.05, 0.1) is 0 Å². The first-order valence-corrected chi connectivity index (χ1v) is 6.80. The van der Waals surface area contributed by atoms with Crippen LogP contribution in [0.1, 0.15) is 31.4 Å². The van der Waals surface area contributed by atoms with E-state index in [1.807, 2.05) is 12.1 Å². The average Bonchev–Trinajstić information content (AvgIpc) is 2.68. The summed E-state index contributed by atoms with van der Waals surface area (Å²) in [5.41, 5.74) is 1.21. The summed E-state index contributed by atoms with van der Waals surface area (Å²) in [5, 5.41) is 4.58. The van der Waals surface area contributed by atoms with Crippen LogP contribution >= 0.6 is 11.6 Å². The third-order valence-electron chi connectivity index (χ3n) is 4.20. The highest BCUT2D eigenvalue weighted by Crippen LogP contribution is 2.43. The highest BCUT2D eigenvalue weighted by molar-refractivity contribution is 6.31. The molecule has 1 aromatic rings. The second-order valence-corrected chi connectivity index (χ2v) is 5.66. The Morgan fingerprint density at radius 3 is 2.94 bits per heavy atom. The van der Waals surface area contributed by atoms with E-state index in [2.05, 4.69) is 36.5 Å². The molecular weight excluding hydrogens is 230 g/mol. The molecule has 3 unspecified atom stereocenters. The van der Waals surface area contributed by atoms with Crippen molar-refractivity contribution in [2.24, 2.45) is 11.8 Å². The highest BCUT2D eigenvalue weighted by atomic mass is 35.5. The van der Waals surface area contributed by atoms with Crippen LogP contribution in [0, 0.1) is 11.8 Å². The Morgan fingerprint density at radius 2 is 2.18 bits per heavy atom. The SMILES string of the molecule is C[C@@H](NC1CC2CC=CC21)c1ccccc1Cl. The van der Waals surface area contributed by atoms with Crippen LogP contribution in [0.2, 0.25) is 5.02 Å². The van der Waals surface area contributed by atoms with Crippen molar-refractivity contribution in [2.45, 2.75) is 31.8 Å². The molecule has 1 nitrogen and oxygen atoms in total. The maximum Gasteiger partial charge on any atom is 0.0453 e. The average molecular weight is 248 g/mol. The molecular formula is C15H18ClN. The number of hydrogen-bond donors (Lipinski definition) is 1. The molecule has 2 aliphatic carbocycles. The van der Waals surface area contributed by atoms with Gasteiger partial charge in [0.25, 0.3) is 0 Å². The summed E-state index contributed by atoms with van der Waals surface area (Å²) in [6.07, 6.45) is 7.30. The van der Waals surface area contributed by atoms with Crippen molar-refractivity contribution in [3.63, 3.8) is 0 Å². The van der Waals surface area contributed by atoms with Crippen molar-refractivity contribution < 1.29 is 0 Å². The van der Waals surface area contributed by atoms with Crippen LogP contribution in [-0.2, 0) is 0 Å². The van der Waals surface area contributed by atoms with Gasteiger partial charge in [0.1, 0.15) is 0 Å². The van der Waals surface area contributed by atoms with Gasteiger partial charge in [-0.2, -0.15) is 0 Å². The van der Waals surface area contributed by atoms with Gasteiger partial charge in [-0.05, 0) is 43.2 Å². The minimum Gasteiger partial charge on any atom is -0.307 e. The minimum atomic E-state index is 0.337. The highest BCUT2D eigenvalue weighted by Gasteiger charge is 2.41. The van der Waals surface area contributed by atoms with E-state index in [0.717, 1.165) is 16.9 Å². The quantitative estimate of drug-likeness (QED) is 0.798. The molecule has 0 bridgehead atoms. The van der Waals surface area contributed by atoms with E-state index in [9.17, 15) is 0 Å². The van der Waals surface area contributed by atoms with Crippen LogP contribution in [0.15, 0.2) is 36.4 Å². The van der Waals surface area contributed by atoms with Gasteiger partial charge in [-0.1, -0.05) is 42.0 Å². The van der Waals surface area contributed by atoms with E-state index >= 15 is 0 Å². The summed E-state index contributed by atoms with van der Waals surface area (Å²) in [4.78, 5) is 0. The Bertz CT molecular complexity index is 440. The smallest absolute Gasteiger partial charge is 0.0453 e. The Labute approximate surface area is 108 Å². The number of allylic oxidation sites excluding steroid dienone is 1. The molecule has 1 N–H and O–H groups in total. The van der Waals surface area contributed by atoms with Crippen LogP contribution < -0.4 is 5.32 Å². The first kappa shape index (κ1) is 11.3. The van der Waals surface area contributed by atoms with Crippen molar-refractivity contribution in [3.8, 4) is 0 Å². The summed E-state index contributed by atoms with van der Waals surface area (Å²) in [5.74, 6) is 1.67. The van der Waals surface area contributed by atoms with Crippen LogP contribution in [0.5, 0.6) is 0 Å². The van der Waals surface area contributed by atoms with E-state index in [1.54, 1.807) is 0 Å². The number of rotatable bonds is 3. The van der Waals surface area contributed by atoms with Gasteiger partial charge in [-0.15, -0.1) is 0 Å². The lowest BCUT2D eigenvalue weighted by Crippen LogP contribution is -2.48. The molecule has 0 radical (unpaired) electrons. The normalized spacial score (nSPS) is 32.0. The second kappa shape index (κ2) is 4.47. The minimum absolute atomic E-state index is 0.337. The second-order valence-electron chi connectivity index (χ2n) is 5.25. The Morgan fingerprint density at radius 1 is 1.35 bits per heavy atom. The van der Waals surface area contributed by atoms with Crippen LogP contribution in [0.3, 0.4) is 0 Å². The lowest BCUT2D eigenvalue weighted by atomic mass is 9.71. The molecule has 0 heterocycles. The van der Waals surface area contributed by atoms with E-state index in [4.69, 9.17) is 11.6 Å². The van der Waals surface area contributed by atoms with Crippen molar-refractivity contribution in [3.05, 3.63) is 47.0 Å². The molecule has 4 atom stereocenters. The van der Waals surface area contributed by atoms with Crippen LogP contribution in [0.4, 0.5) is 0 Å². The Balaban J connectivity index is 1.66. The summed E-state index contributed by atoms with van der Waals surface area (Å²) >= 11 is 6.22. The number of hydrogen-bond acceptors (Lipinski definition) is 1. The number of nitrogens with one attached hydrogen (secondary N) is 1. The van der Waals surface area contributed by atoms with Crippen LogP contribution in [0.25, 0.3) is 0 Å². The summed E-state index contributed by atoms with van der Waals surface area (Å²) in [6, 6.07) is 9.10. The van der Waals surface area contributed by atoms with Gasteiger partial charge in [-0.3, -0.25) is 0 Å². The van der Waals surface area contributed by atoms with E-state index < -0.39 is 0 Å². The number of halogens is 1. The van der Waals surface area contributed by atoms with Crippen molar-refractivity contribution in [1.29, 1.82) is 0 Å². The summed E-state index contributed by atoms with van der Waals surface area (Å²) in [6.45, 7) is 2.20. The van der Waals surface area contributed by atoms with E-state index in [-0.39, 0.29) is 0 Å². The van der Waals surface area contributed by atoms with Gasteiger partial charge in [0.2, 0.25) is 0 Å². The molecule has 90 valence electrons. The Hall–Kier alpha value is -0.790. The largest absolute Gasteiger partial charge is 0.307 e. The molecule has 0 amide bonds. The third kappa shape index (κ3) is 2.02. The fourth-order valence-corrected chi connectivity index (χ4v) is 3.44. The summed E-state index contributed by atoms with van der Waals surface area (Å²) < 4.78 is 0. The van der Waals surface area contributed by atoms with E-state index in [0.29, 0.717) is 12.1 Å². The molecule has 1 aromatic carbocycles.